The highest BCUT2D eigenvalue weighted by molar-refractivity contribution is 7.89. The van der Waals surface area contributed by atoms with Crippen LogP contribution in [0.3, 0.4) is 0 Å². The summed E-state index contributed by atoms with van der Waals surface area (Å²) in [7, 11) is -3.52. The number of sulfonamides is 1. The smallest absolute Gasteiger partial charge is 0.243 e. The van der Waals surface area contributed by atoms with Crippen LogP contribution in [-0.2, 0) is 21.2 Å². The van der Waals surface area contributed by atoms with Gasteiger partial charge in [0.1, 0.15) is 0 Å². The van der Waals surface area contributed by atoms with Gasteiger partial charge in [0.05, 0.1) is 11.3 Å². The Morgan fingerprint density at radius 2 is 1.52 bits per heavy atom. The molecule has 5 nitrogen and oxygen atoms in total. The van der Waals surface area contributed by atoms with E-state index in [2.05, 4.69) is 0 Å². The van der Waals surface area contributed by atoms with Gasteiger partial charge in [-0.15, -0.1) is 0 Å². The third-order valence-electron chi connectivity index (χ3n) is 5.47. The van der Waals surface area contributed by atoms with Crippen molar-refractivity contribution in [3.63, 3.8) is 0 Å². The predicted octanol–water partition coefficient (Wildman–Crippen LogP) is 3.22. The van der Waals surface area contributed by atoms with Crippen molar-refractivity contribution in [2.24, 2.45) is 0 Å². The van der Waals surface area contributed by atoms with Gasteiger partial charge in [-0.1, -0.05) is 60.2 Å². The number of piperazine rings is 1. The summed E-state index contributed by atoms with van der Waals surface area (Å²) in [5.74, 6) is 0.0359. The van der Waals surface area contributed by atoms with Crippen molar-refractivity contribution in [1.29, 1.82) is 0 Å². The molecule has 0 aliphatic carbocycles. The molecule has 1 fully saturated rings. The van der Waals surface area contributed by atoms with E-state index in [4.69, 9.17) is 0 Å². The molecule has 0 bridgehead atoms. The molecule has 1 aliphatic rings. The van der Waals surface area contributed by atoms with Crippen molar-refractivity contribution >= 4 is 26.7 Å². The minimum Gasteiger partial charge on any atom is -0.340 e. The van der Waals surface area contributed by atoms with Crippen molar-refractivity contribution in [2.75, 3.05) is 26.2 Å². The molecule has 0 unspecified atom stereocenters. The number of carbonyl (C=O) groups is 1. The summed E-state index contributed by atoms with van der Waals surface area (Å²) in [5.41, 5.74) is 2.02. The van der Waals surface area contributed by atoms with Crippen molar-refractivity contribution in [3.8, 4) is 0 Å². The molecule has 0 saturated carbocycles. The van der Waals surface area contributed by atoms with Crippen LogP contribution in [0.25, 0.3) is 10.8 Å². The van der Waals surface area contributed by atoms with Gasteiger partial charge < -0.3 is 4.90 Å². The van der Waals surface area contributed by atoms with E-state index in [1.165, 1.54) is 4.31 Å². The highest BCUT2D eigenvalue weighted by Gasteiger charge is 2.30. The first-order valence-electron chi connectivity index (χ1n) is 9.76. The van der Waals surface area contributed by atoms with Crippen molar-refractivity contribution < 1.29 is 13.2 Å². The molecule has 1 heterocycles. The topological polar surface area (TPSA) is 57.7 Å². The van der Waals surface area contributed by atoms with E-state index < -0.39 is 10.0 Å². The third-order valence-corrected chi connectivity index (χ3v) is 7.38. The lowest BCUT2D eigenvalue weighted by Crippen LogP contribution is -2.50. The number of rotatable bonds is 4. The molecule has 29 heavy (non-hydrogen) atoms. The fraction of sp³-hybridized carbons (Fsp3) is 0.261. The molecule has 150 valence electrons. The summed E-state index contributed by atoms with van der Waals surface area (Å²) in [6.45, 7) is 3.38. The van der Waals surface area contributed by atoms with Gasteiger partial charge in [-0.25, -0.2) is 8.42 Å². The molecular formula is C23H24N2O3S. The molecule has 6 heteroatoms. The third kappa shape index (κ3) is 4.04. The Morgan fingerprint density at radius 1 is 0.862 bits per heavy atom. The summed E-state index contributed by atoms with van der Waals surface area (Å²) in [4.78, 5) is 14.9. The number of fused-ring (bicyclic) bond motifs is 1. The van der Waals surface area contributed by atoms with Crippen LogP contribution in [0.1, 0.15) is 11.1 Å². The maximum Gasteiger partial charge on any atom is 0.243 e. The summed E-state index contributed by atoms with van der Waals surface area (Å²) in [6, 6.07) is 20.9. The zero-order chi connectivity index (χ0) is 20.4. The van der Waals surface area contributed by atoms with E-state index >= 15 is 0 Å². The first-order valence-corrected chi connectivity index (χ1v) is 11.2. The Bertz CT molecular complexity index is 1130. The highest BCUT2D eigenvalue weighted by atomic mass is 32.2. The molecule has 1 aliphatic heterocycles. The first-order chi connectivity index (χ1) is 13.9. The average molecular weight is 409 g/mol. The Morgan fingerprint density at radius 3 is 2.24 bits per heavy atom. The van der Waals surface area contributed by atoms with Gasteiger partial charge in [0.15, 0.2) is 0 Å². The predicted molar refractivity (Wildman–Crippen MR) is 114 cm³/mol. The molecule has 0 N–H and O–H groups in total. The number of hydrogen-bond acceptors (Lipinski definition) is 3. The van der Waals surface area contributed by atoms with E-state index in [0.717, 1.165) is 21.9 Å². The average Bonchev–Trinajstić information content (AvgIpc) is 2.74. The number of nitrogens with zero attached hydrogens (tertiary/aromatic N) is 2. The molecule has 3 aromatic carbocycles. The molecule has 1 amide bonds. The summed E-state index contributed by atoms with van der Waals surface area (Å²) in [5, 5.41) is 2.20. The van der Waals surface area contributed by atoms with Gasteiger partial charge in [0.2, 0.25) is 15.9 Å². The van der Waals surface area contributed by atoms with E-state index in [1.807, 2.05) is 49.4 Å². The first kappa shape index (κ1) is 19.6. The van der Waals surface area contributed by atoms with Gasteiger partial charge >= 0.3 is 0 Å². The van der Waals surface area contributed by atoms with Gasteiger partial charge in [0, 0.05) is 26.2 Å². The van der Waals surface area contributed by atoms with E-state index in [9.17, 15) is 13.2 Å². The number of benzene rings is 3. The quantitative estimate of drug-likeness (QED) is 0.666. The number of aryl methyl sites for hydroxylation is 1. The maximum atomic E-state index is 12.8. The van der Waals surface area contributed by atoms with Crippen LogP contribution in [0.2, 0.25) is 0 Å². The normalized spacial score (nSPS) is 15.6. The highest BCUT2D eigenvalue weighted by Crippen LogP contribution is 2.21. The Balaban J connectivity index is 1.43. The standard InChI is InChI=1S/C23H24N2O3S/c1-18-9-11-21(12-10-18)29(27,28)25-15-13-24(14-16-25)23(26)17-20-7-4-6-19-5-2-3-8-22(19)20/h2-12H,13-17H2,1H3. The van der Waals surface area contributed by atoms with E-state index in [1.54, 1.807) is 29.2 Å². The summed E-state index contributed by atoms with van der Waals surface area (Å²) < 4.78 is 27.1. The van der Waals surface area contributed by atoms with Crippen molar-refractivity contribution in [3.05, 3.63) is 77.9 Å². The van der Waals surface area contributed by atoms with Crippen LogP contribution >= 0.6 is 0 Å². The Labute approximate surface area is 171 Å². The second-order valence-corrected chi connectivity index (χ2v) is 9.35. The van der Waals surface area contributed by atoms with Crippen LogP contribution in [-0.4, -0.2) is 49.7 Å². The SMILES string of the molecule is Cc1ccc(S(=O)(=O)N2CCN(C(=O)Cc3cccc4ccccc34)CC2)cc1. The minimum absolute atomic E-state index is 0.0359. The van der Waals surface area contributed by atoms with E-state index in [0.29, 0.717) is 37.5 Å². The number of carbonyl (C=O) groups excluding carboxylic acids is 1. The van der Waals surface area contributed by atoms with Gasteiger partial charge in [-0.2, -0.15) is 4.31 Å². The van der Waals surface area contributed by atoms with Gasteiger partial charge in [0.25, 0.3) is 0 Å². The molecular weight excluding hydrogens is 384 g/mol. The Kier molecular flexibility index (Phi) is 5.39. The monoisotopic (exact) mass is 408 g/mol. The molecule has 0 spiro atoms. The molecule has 0 atom stereocenters. The van der Waals surface area contributed by atoms with Crippen LogP contribution in [0, 0.1) is 6.92 Å². The lowest BCUT2D eigenvalue weighted by atomic mass is 10.0. The molecule has 1 saturated heterocycles. The zero-order valence-corrected chi connectivity index (χ0v) is 17.2. The second kappa shape index (κ2) is 7.97. The van der Waals surface area contributed by atoms with Crippen molar-refractivity contribution in [2.45, 2.75) is 18.2 Å². The van der Waals surface area contributed by atoms with Crippen LogP contribution in [0.15, 0.2) is 71.6 Å². The molecule has 0 aromatic heterocycles. The molecule has 3 aromatic rings. The van der Waals surface area contributed by atoms with Gasteiger partial charge in [-0.05, 0) is 35.4 Å². The van der Waals surface area contributed by atoms with Crippen LogP contribution in [0.5, 0.6) is 0 Å². The molecule has 0 radical (unpaired) electrons. The largest absolute Gasteiger partial charge is 0.340 e. The lowest BCUT2D eigenvalue weighted by Gasteiger charge is -2.34. The summed E-state index contributed by atoms with van der Waals surface area (Å²) in [6.07, 6.45) is 0.325. The number of amides is 1. The fourth-order valence-corrected chi connectivity index (χ4v) is 5.18. The Hall–Kier alpha value is -2.70. The lowest BCUT2D eigenvalue weighted by molar-refractivity contribution is -0.131. The van der Waals surface area contributed by atoms with E-state index in [-0.39, 0.29) is 5.91 Å². The fourth-order valence-electron chi connectivity index (χ4n) is 3.76. The molecule has 4 rings (SSSR count). The minimum atomic E-state index is -3.52. The van der Waals surface area contributed by atoms with Gasteiger partial charge in [-0.3, -0.25) is 4.79 Å². The number of hydrogen-bond donors (Lipinski definition) is 0. The van der Waals surface area contributed by atoms with Crippen LogP contribution in [0.4, 0.5) is 0 Å². The maximum absolute atomic E-state index is 12.8. The zero-order valence-electron chi connectivity index (χ0n) is 16.4. The van der Waals surface area contributed by atoms with Crippen LogP contribution < -0.4 is 0 Å². The van der Waals surface area contributed by atoms with Crippen molar-refractivity contribution in [1.82, 2.24) is 9.21 Å². The second-order valence-electron chi connectivity index (χ2n) is 7.41. The summed E-state index contributed by atoms with van der Waals surface area (Å²) >= 11 is 0.